The summed E-state index contributed by atoms with van der Waals surface area (Å²) in [5, 5.41) is 12.1. The second-order valence-corrected chi connectivity index (χ2v) is 10.9. The normalized spacial score (nSPS) is 24.8. The van der Waals surface area contributed by atoms with Crippen molar-refractivity contribution in [1.29, 1.82) is 0 Å². The summed E-state index contributed by atoms with van der Waals surface area (Å²) in [7, 11) is 1.86. The molecule has 3 aromatic heterocycles. The average Bonchev–Trinajstić information content (AvgIpc) is 3.64. The highest BCUT2D eigenvalue weighted by Gasteiger charge is 2.51. The van der Waals surface area contributed by atoms with Gasteiger partial charge in [-0.2, -0.15) is 5.10 Å². The van der Waals surface area contributed by atoms with E-state index in [9.17, 15) is 9.18 Å². The Bertz CT molecular complexity index is 1530. The van der Waals surface area contributed by atoms with Gasteiger partial charge in [-0.15, -0.1) is 0 Å². The number of nitrogens with zero attached hydrogens (tertiary/aromatic N) is 5. The van der Waals surface area contributed by atoms with Crippen LogP contribution >= 0.6 is 0 Å². The Hall–Kier alpha value is -3.50. The Kier molecular flexibility index (Phi) is 5.06. The van der Waals surface area contributed by atoms with Crippen LogP contribution in [0.1, 0.15) is 35.3 Å². The van der Waals surface area contributed by atoms with Crippen molar-refractivity contribution in [3.05, 3.63) is 53.9 Å². The van der Waals surface area contributed by atoms with Crippen molar-refractivity contribution in [3.63, 3.8) is 0 Å². The fourth-order valence-corrected chi connectivity index (χ4v) is 6.31. The van der Waals surface area contributed by atoms with Crippen LogP contribution in [0.2, 0.25) is 0 Å². The number of hydrogen-bond donors (Lipinski definition) is 2. The summed E-state index contributed by atoms with van der Waals surface area (Å²) in [4.78, 5) is 19.8. The molecule has 0 unspecified atom stereocenters. The number of carbonyl (C=O) groups is 1. The molecule has 2 bridgehead atoms. The number of fused-ring (bicyclic) bond motifs is 3. The van der Waals surface area contributed by atoms with Gasteiger partial charge in [-0.05, 0) is 44.2 Å². The Labute approximate surface area is 213 Å². The number of anilines is 2. The van der Waals surface area contributed by atoms with Crippen molar-refractivity contribution in [2.24, 2.45) is 13.0 Å². The molecule has 3 saturated heterocycles. The standard InChI is InChI=1S/C27H30FN7O2/c1-16-10-35-12-19(7-22(28)25(35)30-16)31-26(36)20-3-4-23(21-13-33(2)32-24(20)21)34-6-5-18(11-34)29-15-27-8-17(9-27)14-37-27/h3-4,7,10,12-13,17-18,29H,5-6,8-9,11,14-15H2,1-2H3,(H,31,36)/t17?,18-,27?/m0/s1. The predicted molar refractivity (Wildman–Crippen MR) is 139 cm³/mol. The summed E-state index contributed by atoms with van der Waals surface area (Å²) < 4.78 is 23.8. The maximum Gasteiger partial charge on any atom is 0.257 e. The van der Waals surface area contributed by atoms with Gasteiger partial charge in [-0.25, -0.2) is 9.37 Å². The first kappa shape index (κ1) is 22.7. The van der Waals surface area contributed by atoms with Gasteiger partial charge < -0.3 is 24.7 Å². The number of ether oxygens (including phenoxy) is 1. The summed E-state index contributed by atoms with van der Waals surface area (Å²) in [6, 6.07) is 5.51. The maximum atomic E-state index is 14.5. The van der Waals surface area contributed by atoms with Crippen molar-refractivity contribution in [2.45, 2.75) is 37.8 Å². The average molecular weight is 504 g/mol. The topological polar surface area (TPSA) is 88.7 Å². The predicted octanol–water partition coefficient (Wildman–Crippen LogP) is 3.27. The fourth-order valence-electron chi connectivity index (χ4n) is 6.31. The second-order valence-electron chi connectivity index (χ2n) is 10.9. The van der Waals surface area contributed by atoms with Crippen molar-refractivity contribution in [3.8, 4) is 0 Å². The molecule has 1 aromatic carbocycles. The quantitative estimate of drug-likeness (QED) is 0.420. The first-order valence-electron chi connectivity index (χ1n) is 12.9. The van der Waals surface area contributed by atoms with Crippen LogP contribution in [0.3, 0.4) is 0 Å². The van der Waals surface area contributed by atoms with Crippen molar-refractivity contribution >= 4 is 33.8 Å². The van der Waals surface area contributed by atoms with E-state index in [2.05, 4.69) is 25.6 Å². The van der Waals surface area contributed by atoms with Crippen LogP contribution in [0.5, 0.6) is 0 Å². The minimum atomic E-state index is -0.488. The highest BCUT2D eigenvalue weighted by molar-refractivity contribution is 6.13. The number of nitrogens with one attached hydrogen (secondary N) is 2. The first-order valence-corrected chi connectivity index (χ1v) is 12.9. The molecule has 9 nitrogen and oxygen atoms in total. The number of halogens is 1. The van der Waals surface area contributed by atoms with E-state index in [4.69, 9.17) is 4.74 Å². The van der Waals surface area contributed by atoms with Crippen LogP contribution in [-0.4, -0.2) is 63.0 Å². The molecule has 0 spiro atoms. The SMILES string of the molecule is Cc1cn2cc(NC(=O)c3ccc(N4CC[C@H](NCC56CC(CO5)C6)C4)c4cn(C)nc34)cc(F)c2n1. The van der Waals surface area contributed by atoms with E-state index in [0.717, 1.165) is 49.7 Å². The van der Waals surface area contributed by atoms with Crippen molar-refractivity contribution < 1.29 is 13.9 Å². The summed E-state index contributed by atoms with van der Waals surface area (Å²) in [6.45, 7) is 5.49. The van der Waals surface area contributed by atoms with Crippen molar-refractivity contribution in [1.82, 2.24) is 24.5 Å². The number of hydrogen-bond acceptors (Lipinski definition) is 6. The molecule has 0 radical (unpaired) electrons. The largest absolute Gasteiger partial charge is 0.373 e. The molecular formula is C27H30FN7O2. The third-order valence-electron chi connectivity index (χ3n) is 8.09. The lowest BCUT2D eigenvalue weighted by atomic mass is 9.74. The molecule has 1 atom stereocenters. The van der Waals surface area contributed by atoms with Crippen molar-refractivity contribution in [2.75, 3.05) is 36.5 Å². The molecule has 4 aromatic rings. The van der Waals surface area contributed by atoms with E-state index in [1.807, 2.05) is 25.4 Å². The zero-order valence-electron chi connectivity index (χ0n) is 21.0. The van der Waals surface area contributed by atoms with Crippen LogP contribution in [0.25, 0.3) is 16.6 Å². The maximum absolute atomic E-state index is 14.5. The minimum absolute atomic E-state index is 0.0772. The molecule has 192 valence electrons. The molecule has 37 heavy (non-hydrogen) atoms. The van der Waals surface area contributed by atoms with E-state index in [1.165, 1.54) is 18.9 Å². The molecule has 2 N–H and O–H groups in total. The van der Waals surface area contributed by atoms with Gasteiger partial charge in [0.05, 0.1) is 29.2 Å². The van der Waals surface area contributed by atoms with Crippen LogP contribution in [0.4, 0.5) is 15.8 Å². The lowest BCUT2D eigenvalue weighted by Gasteiger charge is -2.37. The van der Waals surface area contributed by atoms with Gasteiger partial charge in [-0.3, -0.25) is 9.48 Å². The summed E-state index contributed by atoms with van der Waals surface area (Å²) in [6.07, 6.45) is 8.80. The summed E-state index contributed by atoms with van der Waals surface area (Å²) in [5.41, 5.74) is 3.53. The summed E-state index contributed by atoms with van der Waals surface area (Å²) in [5.74, 6) is -0.0486. The highest BCUT2D eigenvalue weighted by atomic mass is 19.1. The van der Waals surface area contributed by atoms with Gasteiger partial charge in [0, 0.05) is 68.5 Å². The van der Waals surface area contributed by atoms with Gasteiger partial charge in [0.25, 0.3) is 5.91 Å². The fraction of sp³-hybridized carbons (Fsp3) is 0.444. The monoisotopic (exact) mass is 503 g/mol. The molecular weight excluding hydrogens is 473 g/mol. The van der Waals surface area contributed by atoms with Gasteiger partial charge in [0.2, 0.25) is 0 Å². The van der Waals surface area contributed by atoms with Crippen LogP contribution in [-0.2, 0) is 11.8 Å². The number of imidazole rings is 1. The van der Waals surface area contributed by atoms with Crippen LogP contribution in [0, 0.1) is 18.7 Å². The number of carbonyl (C=O) groups excluding carboxylic acids is 1. The van der Waals surface area contributed by atoms with E-state index in [-0.39, 0.29) is 17.2 Å². The van der Waals surface area contributed by atoms with Gasteiger partial charge >= 0.3 is 0 Å². The number of benzene rings is 1. The number of amides is 1. The molecule has 10 heteroatoms. The van der Waals surface area contributed by atoms with E-state index >= 15 is 0 Å². The summed E-state index contributed by atoms with van der Waals surface area (Å²) >= 11 is 0. The van der Waals surface area contributed by atoms with E-state index < -0.39 is 5.82 Å². The van der Waals surface area contributed by atoms with Gasteiger partial charge in [-0.1, -0.05) is 0 Å². The number of aromatic nitrogens is 4. The van der Waals surface area contributed by atoms with Crippen LogP contribution in [0.15, 0.2) is 36.8 Å². The first-order chi connectivity index (χ1) is 17.9. The Balaban J connectivity index is 1.10. The molecule has 1 amide bonds. The van der Waals surface area contributed by atoms with Crippen LogP contribution < -0.4 is 15.5 Å². The highest BCUT2D eigenvalue weighted by Crippen LogP contribution is 2.48. The molecule has 3 aliphatic heterocycles. The zero-order chi connectivity index (χ0) is 25.3. The van der Waals surface area contributed by atoms with E-state index in [1.54, 1.807) is 28.4 Å². The Morgan fingerprint density at radius 2 is 2.14 bits per heavy atom. The molecule has 1 aliphatic carbocycles. The van der Waals surface area contributed by atoms with Gasteiger partial charge in [0.15, 0.2) is 11.5 Å². The Morgan fingerprint density at radius 3 is 2.95 bits per heavy atom. The van der Waals surface area contributed by atoms with Gasteiger partial charge in [0.1, 0.15) is 5.52 Å². The number of aryl methyl sites for hydroxylation is 2. The third-order valence-corrected chi connectivity index (χ3v) is 8.09. The number of pyridine rings is 1. The molecule has 1 saturated carbocycles. The molecule has 4 aliphatic rings. The molecule has 6 heterocycles. The zero-order valence-corrected chi connectivity index (χ0v) is 21.0. The smallest absolute Gasteiger partial charge is 0.257 e. The molecule has 8 rings (SSSR count). The molecule has 4 fully saturated rings. The third kappa shape index (κ3) is 3.86. The minimum Gasteiger partial charge on any atom is -0.373 e. The lowest BCUT2D eigenvalue weighted by molar-refractivity contribution is 0.00105. The lowest BCUT2D eigenvalue weighted by Crippen LogP contribution is -2.49. The number of rotatable bonds is 6. The second kappa shape index (κ2) is 8.26. The van der Waals surface area contributed by atoms with E-state index in [0.29, 0.717) is 28.5 Å². The Morgan fingerprint density at radius 1 is 1.27 bits per heavy atom.